The van der Waals surface area contributed by atoms with Gasteiger partial charge in [0.25, 0.3) is 10.0 Å². The molecule has 0 fully saturated rings. The molecular formula is C15H17ClN2O2S. The Morgan fingerprint density at radius 2 is 1.76 bits per heavy atom. The van der Waals surface area contributed by atoms with Crippen LogP contribution in [-0.4, -0.2) is 8.42 Å². The summed E-state index contributed by atoms with van der Waals surface area (Å²) < 4.78 is 27.1. The fourth-order valence-corrected chi connectivity index (χ4v) is 3.28. The summed E-state index contributed by atoms with van der Waals surface area (Å²) in [6.07, 6.45) is 0. The summed E-state index contributed by atoms with van der Waals surface area (Å²) in [6, 6.07) is 11.5. The van der Waals surface area contributed by atoms with E-state index in [2.05, 4.69) is 4.72 Å². The molecular weight excluding hydrogens is 308 g/mol. The Hall–Kier alpha value is -1.56. The molecule has 6 heteroatoms. The highest BCUT2D eigenvalue weighted by molar-refractivity contribution is 7.92. The molecule has 2 aromatic carbocycles. The lowest BCUT2D eigenvalue weighted by atomic mass is 10.1. The molecule has 0 aliphatic heterocycles. The molecule has 112 valence electrons. The van der Waals surface area contributed by atoms with Crippen LogP contribution in [0.1, 0.15) is 24.1 Å². The van der Waals surface area contributed by atoms with E-state index in [0.29, 0.717) is 10.7 Å². The summed E-state index contributed by atoms with van der Waals surface area (Å²) in [4.78, 5) is 0.170. The SMILES string of the molecule is Cc1ccc(NS(=O)(=O)c2ccc(C(C)N)cc2)c(Cl)c1. The topological polar surface area (TPSA) is 72.2 Å². The number of nitrogens with two attached hydrogens (primary N) is 1. The van der Waals surface area contributed by atoms with Gasteiger partial charge in [0.15, 0.2) is 0 Å². The fourth-order valence-electron chi connectivity index (χ4n) is 1.86. The second kappa shape index (κ2) is 6.05. The lowest BCUT2D eigenvalue weighted by Gasteiger charge is -2.11. The number of anilines is 1. The smallest absolute Gasteiger partial charge is 0.261 e. The Kier molecular flexibility index (Phi) is 4.56. The van der Waals surface area contributed by atoms with Gasteiger partial charge in [-0.3, -0.25) is 4.72 Å². The number of rotatable bonds is 4. The lowest BCUT2D eigenvalue weighted by molar-refractivity contribution is 0.601. The van der Waals surface area contributed by atoms with Crippen LogP contribution in [0.2, 0.25) is 5.02 Å². The summed E-state index contributed by atoms with van der Waals surface area (Å²) >= 11 is 6.05. The zero-order chi connectivity index (χ0) is 15.6. The number of hydrogen-bond donors (Lipinski definition) is 2. The van der Waals surface area contributed by atoms with Crippen LogP contribution >= 0.6 is 11.6 Å². The van der Waals surface area contributed by atoms with E-state index in [1.807, 2.05) is 13.8 Å². The van der Waals surface area contributed by atoms with Crippen molar-refractivity contribution in [3.63, 3.8) is 0 Å². The molecule has 0 aromatic heterocycles. The van der Waals surface area contributed by atoms with Crippen LogP contribution in [0.5, 0.6) is 0 Å². The number of sulfonamides is 1. The average molecular weight is 325 g/mol. The molecule has 0 spiro atoms. The van der Waals surface area contributed by atoms with Crippen molar-refractivity contribution in [2.75, 3.05) is 4.72 Å². The molecule has 4 nitrogen and oxygen atoms in total. The second-order valence-electron chi connectivity index (χ2n) is 4.95. The van der Waals surface area contributed by atoms with Gasteiger partial charge in [-0.1, -0.05) is 29.8 Å². The van der Waals surface area contributed by atoms with Gasteiger partial charge < -0.3 is 5.73 Å². The van der Waals surface area contributed by atoms with Crippen LogP contribution in [0.25, 0.3) is 0 Å². The van der Waals surface area contributed by atoms with E-state index in [-0.39, 0.29) is 10.9 Å². The van der Waals surface area contributed by atoms with Gasteiger partial charge in [0.2, 0.25) is 0 Å². The summed E-state index contributed by atoms with van der Waals surface area (Å²) in [5.41, 5.74) is 7.95. The van der Waals surface area contributed by atoms with Gasteiger partial charge in [-0.15, -0.1) is 0 Å². The maximum Gasteiger partial charge on any atom is 0.261 e. The van der Waals surface area contributed by atoms with Crippen LogP contribution in [-0.2, 0) is 10.0 Å². The Morgan fingerprint density at radius 1 is 1.14 bits per heavy atom. The van der Waals surface area contributed by atoms with Crippen LogP contribution in [0.15, 0.2) is 47.4 Å². The number of halogens is 1. The number of hydrogen-bond acceptors (Lipinski definition) is 3. The predicted octanol–water partition coefficient (Wildman–Crippen LogP) is 3.47. The third-order valence-electron chi connectivity index (χ3n) is 3.09. The van der Waals surface area contributed by atoms with Crippen molar-refractivity contribution >= 4 is 27.3 Å². The molecule has 1 atom stereocenters. The molecule has 2 rings (SSSR count). The van der Waals surface area contributed by atoms with Crippen molar-refractivity contribution in [3.8, 4) is 0 Å². The third kappa shape index (κ3) is 3.75. The van der Waals surface area contributed by atoms with E-state index in [1.54, 1.807) is 30.3 Å². The largest absolute Gasteiger partial charge is 0.324 e. The van der Waals surface area contributed by atoms with Crippen molar-refractivity contribution in [1.82, 2.24) is 0 Å². The van der Waals surface area contributed by atoms with Gasteiger partial charge in [0, 0.05) is 6.04 Å². The maximum absolute atomic E-state index is 12.3. The number of nitrogens with one attached hydrogen (secondary N) is 1. The van der Waals surface area contributed by atoms with Crippen molar-refractivity contribution in [2.24, 2.45) is 5.73 Å². The highest BCUT2D eigenvalue weighted by Crippen LogP contribution is 2.25. The van der Waals surface area contributed by atoms with E-state index in [9.17, 15) is 8.42 Å². The van der Waals surface area contributed by atoms with Crippen molar-refractivity contribution < 1.29 is 8.42 Å². The summed E-state index contributed by atoms with van der Waals surface area (Å²) in [7, 11) is -3.67. The lowest BCUT2D eigenvalue weighted by Crippen LogP contribution is -2.13. The molecule has 0 saturated carbocycles. The minimum absolute atomic E-state index is 0.138. The summed E-state index contributed by atoms with van der Waals surface area (Å²) in [5, 5.41) is 0.366. The van der Waals surface area contributed by atoms with Crippen molar-refractivity contribution in [2.45, 2.75) is 24.8 Å². The molecule has 0 radical (unpaired) electrons. The average Bonchev–Trinajstić information content (AvgIpc) is 2.42. The van der Waals surface area contributed by atoms with Gasteiger partial charge in [-0.05, 0) is 49.2 Å². The standard InChI is InChI=1S/C15H17ClN2O2S/c1-10-3-8-15(14(16)9-10)18-21(19,20)13-6-4-12(5-7-13)11(2)17/h3-9,11,18H,17H2,1-2H3. The van der Waals surface area contributed by atoms with Crippen LogP contribution in [0, 0.1) is 6.92 Å². The summed E-state index contributed by atoms with van der Waals surface area (Å²) in [5.74, 6) is 0. The Bertz CT molecular complexity index is 741. The zero-order valence-electron chi connectivity index (χ0n) is 11.8. The second-order valence-corrected chi connectivity index (χ2v) is 7.04. The van der Waals surface area contributed by atoms with Gasteiger partial charge >= 0.3 is 0 Å². The van der Waals surface area contributed by atoms with E-state index in [1.165, 1.54) is 12.1 Å². The predicted molar refractivity (Wildman–Crippen MR) is 86.0 cm³/mol. The third-order valence-corrected chi connectivity index (χ3v) is 4.78. The van der Waals surface area contributed by atoms with Gasteiger partial charge in [-0.2, -0.15) is 0 Å². The molecule has 0 aliphatic rings. The molecule has 0 bridgehead atoms. The van der Waals surface area contributed by atoms with Crippen LogP contribution in [0.3, 0.4) is 0 Å². The molecule has 21 heavy (non-hydrogen) atoms. The van der Waals surface area contributed by atoms with Crippen molar-refractivity contribution in [1.29, 1.82) is 0 Å². The van der Waals surface area contributed by atoms with E-state index in [4.69, 9.17) is 17.3 Å². The Balaban J connectivity index is 2.29. The fraction of sp³-hybridized carbons (Fsp3) is 0.200. The van der Waals surface area contributed by atoms with Crippen LogP contribution in [0.4, 0.5) is 5.69 Å². The van der Waals surface area contributed by atoms with Gasteiger partial charge in [0.1, 0.15) is 0 Å². The van der Waals surface area contributed by atoms with Crippen LogP contribution < -0.4 is 10.5 Å². The van der Waals surface area contributed by atoms with Gasteiger partial charge in [-0.25, -0.2) is 8.42 Å². The summed E-state index contributed by atoms with van der Waals surface area (Å²) in [6.45, 7) is 3.73. The van der Waals surface area contributed by atoms with Gasteiger partial charge in [0.05, 0.1) is 15.6 Å². The minimum Gasteiger partial charge on any atom is -0.324 e. The van der Waals surface area contributed by atoms with E-state index < -0.39 is 10.0 Å². The first kappa shape index (κ1) is 15.8. The first-order valence-corrected chi connectivity index (χ1v) is 8.30. The minimum atomic E-state index is -3.67. The van der Waals surface area contributed by atoms with E-state index in [0.717, 1.165) is 11.1 Å². The number of aryl methyl sites for hydroxylation is 1. The molecule has 0 heterocycles. The zero-order valence-corrected chi connectivity index (χ0v) is 13.4. The Labute approximate surface area is 130 Å². The molecule has 3 N–H and O–H groups in total. The first-order chi connectivity index (χ1) is 9.79. The monoisotopic (exact) mass is 324 g/mol. The molecule has 0 saturated heterocycles. The number of benzene rings is 2. The quantitative estimate of drug-likeness (QED) is 0.904. The molecule has 2 aromatic rings. The molecule has 0 amide bonds. The first-order valence-electron chi connectivity index (χ1n) is 6.44. The highest BCUT2D eigenvalue weighted by Gasteiger charge is 2.16. The maximum atomic E-state index is 12.3. The molecule has 1 unspecified atom stereocenters. The molecule has 0 aliphatic carbocycles. The van der Waals surface area contributed by atoms with Crippen molar-refractivity contribution in [3.05, 3.63) is 58.6 Å². The normalized spacial score (nSPS) is 13.0. The highest BCUT2D eigenvalue weighted by atomic mass is 35.5. The Morgan fingerprint density at radius 3 is 2.29 bits per heavy atom. The van der Waals surface area contributed by atoms with E-state index >= 15 is 0 Å².